The topological polar surface area (TPSA) is 96.4 Å². The Morgan fingerprint density at radius 3 is 2.62 bits per heavy atom. The molecule has 122 valence electrons. The lowest BCUT2D eigenvalue weighted by molar-refractivity contribution is -0.385. The minimum absolute atomic E-state index is 0.125. The molecule has 3 aromatic rings. The summed E-state index contributed by atoms with van der Waals surface area (Å²) >= 11 is 0. The van der Waals surface area contributed by atoms with Gasteiger partial charge in [-0.3, -0.25) is 14.9 Å². The molecule has 0 spiro atoms. The highest BCUT2D eigenvalue weighted by Crippen LogP contribution is 2.29. The quantitative estimate of drug-likeness (QED) is 0.416. The maximum atomic E-state index is 11.9. The normalized spacial score (nSPS) is 10.8. The largest absolute Gasteiger partial charge is 0.465 e. The molecule has 0 amide bonds. The van der Waals surface area contributed by atoms with E-state index in [1.54, 1.807) is 36.1 Å². The number of aryl methyl sites for hydroxylation is 1. The highest BCUT2D eigenvalue weighted by molar-refractivity contribution is 5.99. The van der Waals surface area contributed by atoms with Gasteiger partial charge in [-0.1, -0.05) is 0 Å². The van der Waals surface area contributed by atoms with E-state index in [9.17, 15) is 19.7 Å². The van der Waals surface area contributed by atoms with Crippen LogP contribution in [0.5, 0.6) is 0 Å². The van der Waals surface area contributed by atoms with Crippen LogP contribution in [0.15, 0.2) is 47.5 Å². The molecule has 3 rings (SSSR count). The molecule has 0 fully saturated rings. The SMILES string of the molecule is COC(=O)c1cc2c(ccn2-c2ccc(=O)n(C)c2)cc1[N+](=O)[O-]. The van der Waals surface area contributed by atoms with Crippen LogP contribution in [-0.4, -0.2) is 27.1 Å². The first-order valence-corrected chi connectivity index (χ1v) is 6.97. The molecule has 0 atom stereocenters. The summed E-state index contributed by atoms with van der Waals surface area (Å²) in [4.78, 5) is 34.0. The van der Waals surface area contributed by atoms with Crippen molar-refractivity contribution in [3.05, 3.63) is 68.8 Å². The van der Waals surface area contributed by atoms with Gasteiger partial charge in [0.25, 0.3) is 5.69 Å². The van der Waals surface area contributed by atoms with Crippen molar-refractivity contribution in [2.75, 3.05) is 7.11 Å². The van der Waals surface area contributed by atoms with E-state index in [4.69, 9.17) is 0 Å². The molecule has 0 radical (unpaired) electrons. The summed E-state index contributed by atoms with van der Waals surface area (Å²) in [6, 6.07) is 7.52. The van der Waals surface area contributed by atoms with Gasteiger partial charge in [0.15, 0.2) is 0 Å². The predicted octanol–water partition coefficient (Wildman–Crippen LogP) is 2.02. The summed E-state index contributed by atoms with van der Waals surface area (Å²) in [7, 11) is 2.80. The van der Waals surface area contributed by atoms with Crippen LogP contribution in [0.2, 0.25) is 0 Å². The van der Waals surface area contributed by atoms with Crippen molar-refractivity contribution in [1.82, 2.24) is 9.13 Å². The second-order valence-electron chi connectivity index (χ2n) is 5.20. The first kappa shape index (κ1) is 15.5. The average molecular weight is 327 g/mol. The lowest BCUT2D eigenvalue weighted by Crippen LogP contribution is -2.15. The second kappa shape index (κ2) is 5.65. The zero-order valence-electron chi connectivity index (χ0n) is 12.9. The number of hydrogen-bond donors (Lipinski definition) is 0. The Balaban J connectivity index is 2.28. The van der Waals surface area contributed by atoms with Gasteiger partial charge in [-0.25, -0.2) is 4.79 Å². The van der Waals surface area contributed by atoms with Gasteiger partial charge in [0.05, 0.1) is 23.2 Å². The van der Waals surface area contributed by atoms with Crippen molar-refractivity contribution >= 4 is 22.6 Å². The monoisotopic (exact) mass is 327 g/mol. The summed E-state index contributed by atoms with van der Waals surface area (Å²) in [6.07, 6.45) is 3.36. The Morgan fingerprint density at radius 2 is 2.00 bits per heavy atom. The highest BCUT2D eigenvalue weighted by Gasteiger charge is 2.23. The molecule has 0 unspecified atom stereocenters. The van der Waals surface area contributed by atoms with E-state index in [1.165, 1.54) is 29.9 Å². The summed E-state index contributed by atoms with van der Waals surface area (Å²) < 4.78 is 7.80. The molecule has 8 nitrogen and oxygen atoms in total. The zero-order valence-corrected chi connectivity index (χ0v) is 12.9. The van der Waals surface area contributed by atoms with Gasteiger partial charge in [0, 0.05) is 37.0 Å². The molecule has 8 heteroatoms. The average Bonchev–Trinajstić information content (AvgIpc) is 2.98. The zero-order chi connectivity index (χ0) is 17.4. The van der Waals surface area contributed by atoms with Crippen LogP contribution in [0.4, 0.5) is 5.69 Å². The number of rotatable bonds is 3. The van der Waals surface area contributed by atoms with Crippen LogP contribution in [0.3, 0.4) is 0 Å². The third kappa shape index (κ3) is 2.43. The number of carbonyl (C=O) groups is 1. The molecular weight excluding hydrogens is 314 g/mol. The molecular formula is C16H13N3O5. The number of aromatic nitrogens is 2. The molecule has 1 aromatic carbocycles. The fourth-order valence-electron chi connectivity index (χ4n) is 2.54. The third-order valence-corrected chi connectivity index (χ3v) is 3.76. The van der Waals surface area contributed by atoms with Crippen LogP contribution in [-0.2, 0) is 11.8 Å². The van der Waals surface area contributed by atoms with E-state index in [1.807, 2.05) is 0 Å². The third-order valence-electron chi connectivity index (χ3n) is 3.76. The Hall–Kier alpha value is -3.42. The van der Waals surface area contributed by atoms with Crippen molar-refractivity contribution in [3.8, 4) is 5.69 Å². The minimum Gasteiger partial charge on any atom is -0.465 e. The molecule has 2 heterocycles. The van der Waals surface area contributed by atoms with Crippen molar-refractivity contribution < 1.29 is 14.5 Å². The summed E-state index contributed by atoms with van der Waals surface area (Å²) in [5.74, 6) is -0.781. The number of esters is 1. The Morgan fingerprint density at radius 1 is 1.25 bits per heavy atom. The summed E-state index contributed by atoms with van der Waals surface area (Å²) in [5.41, 5.74) is 0.699. The fraction of sp³-hybridized carbons (Fsp3) is 0.125. The Kier molecular flexibility index (Phi) is 3.64. The van der Waals surface area contributed by atoms with E-state index in [0.29, 0.717) is 16.6 Å². The maximum absolute atomic E-state index is 11.9. The van der Waals surface area contributed by atoms with Crippen molar-refractivity contribution in [2.45, 2.75) is 0 Å². The molecule has 0 aliphatic rings. The second-order valence-corrected chi connectivity index (χ2v) is 5.20. The maximum Gasteiger partial charge on any atom is 0.344 e. The van der Waals surface area contributed by atoms with Crippen LogP contribution >= 0.6 is 0 Å². The number of pyridine rings is 1. The number of carbonyl (C=O) groups excluding carboxylic acids is 1. The van der Waals surface area contributed by atoms with E-state index >= 15 is 0 Å². The van der Waals surface area contributed by atoms with Gasteiger partial charge >= 0.3 is 5.97 Å². The van der Waals surface area contributed by atoms with Gasteiger partial charge in [0.1, 0.15) is 5.56 Å². The van der Waals surface area contributed by atoms with E-state index in [0.717, 1.165) is 0 Å². The number of nitro benzene ring substituents is 1. The molecule has 0 N–H and O–H groups in total. The molecule has 2 aromatic heterocycles. The first-order chi connectivity index (χ1) is 11.4. The van der Waals surface area contributed by atoms with E-state index in [-0.39, 0.29) is 16.8 Å². The van der Waals surface area contributed by atoms with Gasteiger partial charge in [0.2, 0.25) is 5.56 Å². The number of nitro groups is 1. The molecule has 0 saturated carbocycles. The number of hydrogen-bond acceptors (Lipinski definition) is 5. The van der Waals surface area contributed by atoms with Gasteiger partial charge in [-0.2, -0.15) is 0 Å². The number of ether oxygens (including phenoxy) is 1. The van der Waals surface area contributed by atoms with Crippen molar-refractivity contribution in [1.29, 1.82) is 0 Å². The Bertz CT molecular complexity index is 1030. The van der Waals surface area contributed by atoms with Gasteiger partial charge in [-0.15, -0.1) is 0 Å². The number of fused-ring (bicyclic) bond motifs is 1. The van der Waals surface area contributed by atoms with Crippen LogP contribution in [0.1, 0.15) is 10.4 Å². The van der Waals surface area contributed by atoms with E-state index in [2.05, 4.69) is 4.74 Å². The highest BCUT2D eigenvalue weighted by atomic mass is 16.6. The van der Waals surface area contributed by atoms with E-state index < -0.39 is 10.9 Å². The number of benzene rings is 1. The number of methoxy groups -OCH3 is 1. The van der Waals surface area contributed by atoms with Crippen LogP contribution < -0.4 is 5.56 Å². The summed E-state index contributed by atoms with van der Waals surface area (Å²) in [5, 5.41) is 11.8. The molecule has 0 aliphatic carbocycles. The fourth-order valence-corrected chi connectivity index (χ4v) is 2.54. The van der Waals surface area contributed by atoms with Crippen LogP contribution in [0, 0.1) is 10.1 Å². The molecule has 24 heavy (non-hydrogen) atoms. The standard InChI is InChI=1S/C16H13N3O5/c1-17-9-11(3-4-15(17)20)18-6-5-10-7-14(19(22)23)12(8-13(10)18)16(21)24-2/h3-9H,1-2H3. The first-order valence-electron chi connectivity index (χ1n) is 6.97. The molecule has 0 bridgehead atoms. The molecule has 0 saturated heterocycles. The lowest BCUT2D eigenvalue weighted by atomic mass is 10.1. The Labute approximate surface area is 135 Å². The smallest absolute Gasteiger partial charge is 0.344 e. The molecule has 0 aliphatic heterocycles. The van der Waals surface area contributed by atoms with Gasteiger partial charge in [-0.05, 0) is 18.2 Å². The van der Waals surface area contributed by atoms with Crippen LogP contribution in [0.25, 0.3) is 16.6 Å². The van der Waals surface area contributed by atoms with Gasteiger partial charge < -0.3 is 13.9 Å². The van der Waals surface area contributed by atoms with Crippen molar-refractivity contribution in [3.63, 3.8) is 0 Å². The predicted molar refractivity (Wildman–Crippen MR) is 86.5 cm³/mol. The van der Waals surface area contributed by atoms with Crippen molar-refractivity contribution in [2.24, 2.45) is 7.05 Å². The lowest BCUT2D eigenvalue weighted by Gasteiger charge is -2.08. The minimum atomic E-state index is -0.781. The number of nitrogens with zero attached hydrogens (tertiary/aromatic N) is 3. The summed E-state index contributed by atoms with van der Waals surface area (Å²) in [6.45, 7) is 0.